The fourth-order valence-corrected chi connectivity index (χ4v) is 3.87. The monoisotopic (exact) mass is 265 g/mol. The summed E-state index contributed by atoms with van der Waals surface area (Å²) in [6.07, 6.45) is 12.3. The summed E-state index contributed by atoms with van der Waals surface area (Å²) < 4.78 is 0.921. The molecule has 3 aliphatic carbocycles. The molecule has 0 radical (unpaired) electrons. The maximum absolute atomic E-state index is 12.2. The van der Waals surface area contributed by atoms with Crippen LogP contribution in [0.4, 0.5) is 4.79 Å². The summed E-state index contributed by atoms with van der Waals surface area (Å²) in [6, 6.07) is -0.290. The van der Waals surface area contributed by atoms with E-state index in [0.717, 1.165) is 49.0 Å². The Labute approximate surface area is 114 Å². The fraction of sp³-hybridized carbons (Fsp3) is 0.867. The molecule has 3 saturated carbocycles. The maximum atomic E-state index is 12.2. The molecule has 2 amide bonds. The Hall–Kier alpha value is -1.06. The van der Waals surface area contributed by atoms with E-state index in [2.05, 4.69) is 5.32 Å². The van der Waals surface area contributed by atoms with Crippen LogP contribution in [0.15, 0.2) is 0 Å². The predicted octanol–water partition coefficient (Wildman–Crippen LogP) is 3.23. The highest BCUT2D eigenvalue weighted by Crippen LogP contribution is 2.53. The second-order valence-electron chi connectivity index (χ2n) is 6.53. The number of urea groups is 1. The molecule has 0 spiro atoms. The third-order valence-corrected chi connectivity index (χ3v) is 5.19. The minimum Gasteiger partial charge on any atom is -0.347 e. The van der Waals surface area contributed by atoms with Crippen molar-refractivity contribution in [3.05, 3.63) is 0 Å². The van der Waals surface area contributed by atoms with Crippen molar-refractivity contribution in [1.29, 1.82) is 0 Å². The van der Waals surface area contributed by atoms with Gasteiger partial charge in [-0.2, -0.15) is 4.79 Å². The van der Waals surface area contributed by atoms with Crippen molar-refractivity contribution in [2.75, 3.05) is 0 Å². The van der Waals surface area contributed by atoms with Crippen LogP contribution in [-0.4, -0.2) is 27.2 Å². The summed E-state index contributed by atoms with van der Waals surface area (Å²) in [6.45, 7) is 0. The molecule has 0 saturated heterocycles. The van der Waals surface area contributed by atoms with Gasteiger partial charge in [-0.1, -0.05) is 19.3 Å². The zero-order valence-electron chi connectivity index (χ0n) is 11.7. The van der Waals surface area contributed by atoms with Crippen molar-refractivity contribution in [3.8, 4) is 0 Å². The SMILES string of the molecule is O=C(NC12CCCCC1C2)[N+](O)=C1CCCCCC1. The summed E-state index contributed by atoms with van der Waals surface area (Å²) in [5.74, 6) is 0.665. The summed E-state index contributed by atoms with van der Waals surface area (Å²) in [5.41, 5.74) is 0.932. The number of carbonyl (C=O) groups is 1. The van der Waals surface area contributed by atoms with E-state index in [1.165, 1.54) is 32.1 Å². The number of rotatable bonds is 1. The summed E-state index contributed by atoms with van der Waals surface area (Å²) in [7, 11) is 0. The molecule has 0 aromatic heterocycles. The highest BCUT2D eigenvalue weighted by Gasteiger charge is 2.60. The molecule has 106 valence electrons. The van der Waals surface area contributed by atoms with E-state index in [0.29, 0.717) is 5.92 Å². The number of amides is 2. The molecule has 2 unspecified atom stereocenters. The van der Waals surface area contributed by atoms with Crippen LogP contribution in [0.3, 0.4) is 0 Å². The molecule has 4 nitrogen and oxygen atoms in total. The van der Waals surface area contributed by atoms with Gasteiger partial charge in [0, 0.05) is 18.8 Å². The van der Waals surface area contributed by atoms with Gasteiger partial charge in [0.05, 0.1) is 0 Å². The van der Waals surface area contributed by atoms with Crippen molar-refractivity contribution in [1.82, 2.24) is 5.32 Å². The first-order valence-corrected chi connectivity index (χ1v) is 7.87. The molecule has 0 aromatic carbocycles. The standard InChI is InChI=1S/C15H24N2O2/c18-14(16-15-10-6-5-7-12(15)11-15)17(19)13-8-3-1-2-4-9-13/h12H,1-11H2,(H-,16,18,19)/p+1. The summed E-state index contributed by atoms with van der Waals surface area (Å²) >= 11 is 0. The quantitative estimate of drug-likeness (QED) is 0.251. The van der Waals surface area contributed by atoms with Crippen LogP contribution >= 0.6 is 0 Å². The van der Waals surface area contributed by atoms with Crippen LogP contribution in [0.25, 0.3) is 0 Å². The number of hydrogen-bond donors (Lipinski definition) is 2. The second-order valence-corrected chi connectivity index (χ2v) is 6.53. The number of nitrogens with zero attached hydrogens (tertiary/aromatic N) is 1. The third kappa shape index (κ3) is 2.63. The largest absolute Gasteiger partial charge is 0.530 e. The molecule has 0 aliphatic heterocycles. The molecule has 0 heterocycles. The highest BCUT2D eigenvalue weighted by molar-refractivity contribution is 5.84. The van der Waals surface area contributed by atoms with Crippen molar-refractivity contribution < 1.29 is 14.7 Å². The Bertz CT molecular complexity index is 395. The lowest BCUT2D eigenvalue weighted by atomic mass is 9.95. The predicted molar refractivity (Wildman–Crippen MR) is 72.6 cm³/mol. The minimum atomic E-state index is -0.290. The van der Waals surface area contributed by atoms with Gasteiger partial charge in [0.1, 0.15) is 11.3 Å². The maximum Gasteiger partial charge on any atom is 0.530 e. The lowest BCUT2D eigenvalue weighted by Crippen LogP contribution is -2.44. The van der Waals surface area contributed by atoms with Crippen molar-refractivity contribution in [3.63, 3.8) is 0 Å². The topological polar surface area (TPSA) is 52.3 Å². The van der Waals surface area contributed by atoms with E-state index in [-0.39, 0.29) is 11.6 Å². The fourth-order valence-electron chi connectivity index (χ4n) is 3.87. The zero-order valence-corrected chi connectivity index (χ0v) is 11.7. The van der Waals surface area contributed by atoms with Crippen LogP contribution in [0.5, 0.6) is 0 Å². The van der Waals surface area contributed by atoms with E-state index in [9.17, 15) is 10.0 Å². The average molecular weight is 265 g/mol. The minimum absolute atomic E-state index is 0.0294. The first-order chi connectivity index (χ1) is 9.21. The van der Waals surface area contributed by atoms with E-state index in [1.807, 2.05) is 0 Å². The van der Waals surface area contributed by atoms with Gasteiger partial charge in [0.25, 0.3) is 0 Å². The van der Waals surface area contributed by atoms with Crippen LogP contribution in [0.1, 0.15) is 70.6 Å². The highest BCUT2D eigenvalue weighted by atomic mass is 16.5. The molecular formula is C15H25N2O2+. The van der Waals surface area contributed by atoms with Crippen molar-refractivity contribution in [2.45, 2.75) is 76.2 Å². The van der Waals surface area contributed by atoms with E-state index in [4.69, 9.17) is 0 Å². The molecule has 3 fully saturated rings. The number of nitrogens with one attached hydrogen (secondary N) is 1. The van der Waals surface area contributed by atoms with Crippen LogP contribution < -0.4 is 5.32 Å². The molecule has 3 aliphatic rings. The molecular weight excluding hydrogens is 240 g/mol. The van der Waals surface area contributed by atoms with E-state index in [1.54, 1.807) is 0 Å². The number of hydrogen-bond acceptors (Lipinski definition) is 2. The zero-order chi connectivity index (χ0) is 13.3. The van der Waals surface area contributed by atoms with E-state index >= 15 is 0 Å². The first-order valence-electron chi connectivity index (χ1n) is 7.87. The van der Waals surface area contributed by atoms with Gasteiger partial charge in [0.2, 0.25) is 0 Å². The molecule has 3 rings (SSSR count). The lowest BCUT2D eigenvalue weighted by Gasteiger charge is -2.18. The van der Waals surface area contributed by atoms with E-state index < -0.39 is 0 Å². The number of fused-ring (bicyclic) bond motifs is 1. The van der Waals surface area contributed by atoms with Gasteiger partial charge >= 0.3 is 6.03 Å². The van der Waals surface area contributed by atoms with Gasteiger partial charge in [0.15, 0.2) is 0 Å². The van der Waals surface area contributed by atoms with Crippen LogP contribution in [0.2, 0.25) is 0 Å². The molecule has 2 atom stereocenters. The van der Waals surface area contributed by atoms with Crippen molar-refractivity contribution >= 4 is 11.7 Å². The van der Waals surface area contributed by atoms with Gasteiger partial charge in [-0.25, -0.2) is 5.32 Å². The second kappa shape index (κ2) is 5.14. The lowest BCUT2D eigenvalue weighted by molar-refractivity contribution is -0.701. The molecule has 4 heteroatoms. The Kier molecular flexibility index (Phi) is 3.50. The summed E-state index contributed by atoms with van der Waals surface area (Å²) in [5, 5.41) is 13.2. The van der Waals surface area contributed by atoms with Crippen LogP contribution in [0, 0.1) is 5.92 Å². The molecule has 19 heavy (non-hydrogen) atoms. The molecule has 2 N–H and O–H groups in total. The number of carbonyl (C=O) groups excluding carboxylic acids is 1. The number of hydroxylamine groups is 1. The first kappa shape index (κ1) is 12.9. The van der Waals surface area contributed by atoms with Gasteiger partial charge in [-0.15, -0.1) is 0 Å². The Morgan fingerprint density at radius 1 is 1.16 bits per heavy atom. The Balaban J connectivity index is 1.64. The Morgan fingerprint density at radius 3 is 2.58 bits per heavy atom. The third-order valence-electron chi connectivity index (χ3n) is 5.19. The smallest absolute Gasteiger partial charge is 0.347 e. The Morgan fingerprint density at radius 2 is 1.89 bits per heavy atom. The van der Waals surface area contributed by atoms with Gasteiger partial charge in [-0.3, -0.25) is 0 Å². The van der Waals surface area contributed by atoms with Crippen LogP contribution in [-0.2, 0) is 0 Å². The summed E-state index contributed by atoms with van der Waals surface area (Å²) in [4.78, 5) is 12.2. The molecule has 0 aromatic rings. The normalized spacial score (nSPS) is 34.1. The van der Waals surface area contributed by atoms with Crippen molar-refractivity contribution in [2.24, 2.45) is 5.92 Å². The average Bonchev–Trinajstić information content (AvgIpc) is 3.17. The molecule has 0 bridgehead atoms. The van der Waals surface area contributed by atoms with Gasteiger partial charge in [-0.05, 0) is 43.3 Å². The van der Waals surface area contributed by atoms with Gasteiger partial charge < -0.3 is 5.21 Å².